The van der Waals surface area contributed by atoms with Gasteiger partial charge in [0.1, 0.15) is 12.0 Å². The fourth-order valence-electron chi connectivity index (χ4n) is 1.54. The fraction of sp³-hybridized carbons (Fsp3) is 0.182. The van der Waals surface area contributed by atoms with Crippen LogP contribution >= 0.6 is 23.6 Å². The van der Waals surface area contributed by atoms with Crippen molar-refractivity contribution in [2.75, 3.05) is 23.3 Å². The first kappa shape index (κ1) is 15.1. The molecule has 0 amide bonds. The standard InChI is InChI=1S/C11H12N6O2S2/c12-10(20)16(11-14-4-6-21-11)5-3-13-9-2-1-8(7-15-9)17(18)19/h1-2,4,6-7H,3,5H2,(H2,12,20)(H,13,15). The number of nitrogens with one attached hydrogen (secondary N) is 1. The minimum Gasteiger partial charge on any atom is -0.376 e. The molecular formula is C11H12N6O2S2. The number of anilines is 2. The molecule has 2 aromatic rings. The van der Waals surface area contributed by atoms with Crippen molar-refractivity contribution in [1.29, 1.82) is 0 Å². The number of thiazole rings is 1. The number of thiocarbonyl (C=S) groups is 1. The van der Waals surface area contributed by atoms with E-state index in [0.29, 0.717) is 18.9 Å². The van der Waals surface area contributed by atoms with E-state index in [1.54, 1.807) is 17.2 Å². The van der Waals surface area contributed by atoms with Crippen molar-refractivity contribution in [2.24, 2.45) is 5.73 Å². The molecule has 0 fully saturated rings. The Hall–Kier alpha value is -2.33. The number of hydrogen-bond acceptors (Lipinski definition) is 7. The van der Waals surface area contributed by atoms with Gasteiger partial charge in [-0.3, -0.25) is 15.0 Å². The van der Waals surface area contributed by atoms with Crippen LogP contribution in [0.2, 0.25) is 0 Å². The maximum atomic E-state index is 10.5. The van der Waals surface area contributed by atoms with E-state index in [4.69, 9.17) is 18.0 Å². The Morgan fingerprint density at radius 1 is 1.52 bits per heavy atom. The number of nitro groups is 1. The van der Waals surface area contributed by atoms with Crippen LogP contribution in [0.15, 0.2) is 29.9 Å². The van der Waals surface area contributed by atoms with Crippen LogP contribution in [0.3, 0.4) is 0 Å². The van der Waals surface area contributed by atoms with E-state index >= 15 is 0 Å². The zero-order valence-corrected chi connectivity index (χ0v) is 12.4. The molecule has 0 spiro atoms. The lowest BCUT2D eigenvalue weighted by molar-refractivity contribution is -0.385. The van der Waals surface area contributed by atoms with E-state index in [1.807, 2.05) is 5.38 Å². The zero-order chi connectivity index (χ0) is 15.2. The first-order valence-electron chi connectivity index (χ1n) is 5.88. The average molecular weight is 324 g/mol. The van der Waals surface area contributed by atoms with Gasteiger partial charge in [0.2, 0.25) is 0 Å². The quantitative estimate of drug-likeness (QED) is 0.468. The van der Waals surface area contributed by atoms with Gasteiger partial charge >= 0.3 is 0 Å². The SMILES string of the molecule is NC(=S)N(CCNc1ccc([N+](=O)[O-])cn1)c1nccs1. The molecule has 8 nitrogen and oxygen atoms in total. The summed E-state index contributed by atoms with van der Waals surface area (Å²) in [6.07, 6.45) is 2.88. The zero-order valence-electron chi connectivity index (χ0n) is 10.8. The average Bonchev–Trinajstić information content (AvgIpc) is 2.97. The van der Waals surface area contributed by atoms with Crippen LogP contribution < -0.4 is 16.0 Å². The molecule has 0 radical (unpaired) electrons. The Morgan fingerprint density at radius 3 is 2.86 bits per heavy atom. The number of pyridine rings is 1. The lowest BCUT2D eigenvalue weighted by atomic mass is 10.4. The van der Waals surface area contributed by atoms with Gasteiger partial charge in [0.05, 0.1) is 4.92 Å². The predicted octanol–water partition coefficient (Wildman–Crippen LogP) is 1.61. The van der Waals surface area contributed by atoms with Gasteiger partial charge in [-0.2, -0.15) is 0 Å². The van der Waals surface area contributed by atoms with Crippen LogP contribution in [-0.4, -0.2) is 33.1 Å². The molecule has 10 heteroatoms. The molecule has 2 heterocycles. The maximum absolute atomic E-state index is 10.5. The molecule has 0 aromatic carbocycles. The number of nitrogens with zero attached hydrogens (tertiary/aromatic N) is 4. The first-order valence-corrected chi connectivity index (χ1v) is 7.17. The van der Waals surface area contributed by atoms with Crippen molar-refractivity contribution in [2.45, 2.75) is 0 Å². The molecule has 0 aliphatic rings. The summed E-state index contributed by atoms with van der Waals surface area (Å²) in [7, 11) is 0. The second kappa shape index (κ2) is 6.90. The fourth-order valence-corrected chi connectivity index (χ4v) is 2.46. The molecule has 110 valence electrons. The van der Waals surface area contributed by atoms with Gasteiger partial charge in [0.25, 0.3) is 5.69 Å². The highest BCUT2D eigenvalue weighted by atomic mass is 32.1. The minimum atomic E-state index is -0.492. The third kappa shape index (κ3) is 4.07. The Labute approximate surface area is 129 Å². The molecule has 2 aromatic heterocycles. The number of aromatic nitrogens is 2. The summed E-state index contributed by atoms with van der Waals surface area (Å²) >= 11 is 6.43. The van der Waals surface area contributed by atoms with Gasteiger partial charge < -0.3 is 11.1 Å². The van der Waals surface area contributed by atoms with Gasteiger partial charge in [-0.25, -0.2) is 9.97 Å². The number of hydrogen-bond donors (Lipinski definition) is 2. The van der Waals surface area contributed by atoms with Crippen LogP contribution in [0.25, 0.3) is 0 Å². The third-order valence-corrected chi connectivity index (χ3v) is 3.53. The largest absolute Gasteiger partial charge is 0.376 e. The van der Waals surface area contributed by atoms with Gasteiger partial charge in [0.15, 0.2) is 10.2 Å². The molecule has 0 unspecified atom stereocenters. The highest BCUT2D eigenvalue weighted by molar-refractivity contribution is 7.80. The van der Waals surface area contributed by atoms with Crippen molar-refractivity contribution in [3.8, 4) is 0 Å². The van der Waals surface area contributed by atoms with Crippen molar-refractivity contribution in [3.63, 3.8) is 0 Å². The lowest BCUT2D eigenvalue weighted by Crippen LogP contribution is -2.38. The van der Waals surface area contributed by atoms with E-state index < -0.39 is 4.92 Å². The summed E-state index contributed by atoms with van der Waals surface area (Å²) in [6, 6.07) is 2.94. The summed E-state index contributed by atoms with van der Waals surface area (Å²) in [6.45, 7) is 1.03. The molecule has 0 saturated carbocycles. The van der Waals surface area contributed by atoms with Crippen LogP contribution in [0.5, 0.6) is 0 Å². The summed E-state index contributed by atoms with van der Waals surface area (Å²) < 4.78 is 0. The maximum Gasteiger partial charge on any atom is 0.287 e. The molecule has 2 rings (SSSR count). The Balaban J connectivity index is 1.90. The second-order valence-corrected chi connectivity index (χ2v) is 5.18. The molecule has 0 aliphatic carbocycles. The Bertz CT molecular complexity index is 616. The molecule has 3 N–H and O–H groups in total. The summed E-state index contributed by atoms with van der Waals surface area (Å²) in [4.78, 5) is 19.8. The van der Waals surface area contributed by atoms with E-state index in [9.17, 15) is 10.1 Å². The summed E-state index contributed by atoms with van der Waals surface area (Å²) in [5, 5.41) is 16.4. The predicted molar refractivity (Wildman–Crippen MR) is 85.6 cm³/mol. The Kier molecular flexibility index (Phi) is 4.95. The highest BCUT2D eigenvalue weighted by Gasteiger charge is 2.11. The normalized spacial score (nSPS) is 10.1. The van der Waals surface area contributed by atoms with E-state index in [0.717, 1.165) is 5.13 Å². The molecule has 0 bridgehead atoms. The minimum absolute atomic E-state index is 0.0481. The van der Waals surface area contributed by atoms with Crippen LogP contribution in [0, 0.1) is 10.1 Å². The number of rotatable bonds is 6. The molecule has 0 aliphatic heterocycles. The highest BCUT2D eigenvalue weighted by Crippen LogP contribution is 2.17. The van der Waals surface area contributed by atoms with E-state index in [2.05, 4.69) is 15.3 Å². The monoisotopic (exact) mass is 324 g/mol. The topological polar surface area (TPSA) is 110 Å². The first-order chi connectivity index (χ1) is 10.1. The van der Waals surface area contributed by atoms with Crippen molar-refractivity contribution in [3.05, 3.63) is 40.0 Å². The van der Waals surface area contributed by atoms with E-state index in [1.165, 1.54) is 23.6 Å². The molecule has 0 saturated heterocycles. The molecule has 21 heavy (non-hydrogen) atoms. The molecular weight excluding hydrogens is 312 g/mol. The van der Waals surface area contributed by atoms with Crippen LogP contribution in [0.1, 0.15) is 0 Å². The van der Waals surface area contributed by atoms with Crippen LogP contribution in [0.4, 0.5) is 16.6 Å². The number of nitrogens with two attached hydrogens (primary N) is 1. The van der Waals surface area contributed by atoms with E-state index in [-0.39, 0.29) is 10.8 Å². The van der Waals surface area contributed by atoms with Crippen molar-refractivity contribution in [1.82, 2.24) is 9.97 Å². The second-order valence-electron chi connectivity index (χ2n) is 3.89. The Morgan fingerprint density at radius 2 is 2.33 bits per heavy atom. The van der Waals surface area contributed by atoms with Gasteiger partial charge in [0, 0.05) is 30.7 Å². The summed E-state index contributed by atoms with van der Waals surface area (Å²) in [5.41, 5.74) is 5.62. The lowest BCUT2D eigenvalue weighted by Gasteiger charge is -2.19. The van der Waals surface area contributed by atoms with Gasteiger partial charge in [-0.15, -0.1) is 11.3 Å². The van der Waals surface area contributed by atoms with Crippen LogP contribution in [-0.2, 0) is 0 Å². The van der Waals surface area contributed by atoms with Crippen molar-refractivity contribution >= 4 is 45.3 Å². The van der Waals surface area contributed by atoms with Gasteiger partial charge in [-0.05, 0) is 18.3 Å². The summed E-state index contributed by atoms with van der Waals surface area (Å²) in [5.74, 6) is 0.544. The third-order valence-electron chi connectivity index (χ3n) is 2.52. The smallest absolute Gasteiger partial charge is 0.287 e. The van der Waals surface area contributed by atoms with Gasteiger partial charge in [-0.1, -0.05) is 0 Å². The molecule has 0 atom stereocenters. The van der Waals surface area contributed by atoms with Crippen molar-refractivity contribution < 1.29 is 4.92 Å².